The summed E-state index contributed by atoms with van der Waals surface area (Å²) in [6, 6.07) is 21.2. The molecule has 1 heterocycles. The summed E-state index contributed by atoms with van der Waals surface area (Å²) in [6.45, 7) is 5.53. The SMILES string of the molecule is C=CCn1c(=O)c2ccc(C(=O)NCc3ccccc3)cc2n(CC(=O)Nc2ccc(C)cc2)c1=O. The highest BCUT2D eigenvalue weighted by atomic mass is 16.2. The van der Waals surface area contributed by atoms with Crippen molar-refractivity contribution in [3.05, 3.63) is 123 Å². The van der Waals surface area contributed by atoms with Gasteiger partial charge in [-0.05, 0) is 42.8 Å². The van der Waals surface area contributed by atoms with Crippen molar-refractivity contribution >= 4 is 28.4 Å². The van der Waals surface area contributed by atoms with Crippen LogP contribution in [0.3, 0.4) is 0 Å². The third-order valence-electron chi connectivity index (χ3n) is 5.73. The molecule has 0 unspecified atom stereocenters. The van der Waals surface area contributed by atoms with Gasteiger partial charge >= 0.3 is 5.69 Å². The molecule has 3 aromatic carbocycles. The summed E-state index contributed by atoms with van der Waals surface area (Å²) in [5, 5.41) is 5.82. The number of hydrogen-bond donors (Lipinski definition) is 2. The van der Waals surface area contributed by atoms with Gasteiger partial charge in [0.1, 0.15) is 6.54 Å². The van der Waals surface area contributed by atoms with Crippen LogP contribution in [0.1, 0.15) is 21.5 Å². The molecule has 8 heteroatoms. The van der Waals surface area contributed by atoms with Crippen LogP contribution < -0.4 is 21.9 Å². The van der Waals surface area contributed by atoms with E-state index in [4.69, 9.17) is 0 Å². The number of aromatic nitrogens is 2. The summed E-state index contributed by atoms with van der Waals surface area (Å²) in [7, 11) is 0. The van der Waals surface area contributed by atoms with E-state index in [-0.39, 0.29) is 35.5 Å². The largest absolute Gasteiger partial charge is 0.348 e. The Kier molecular flexibility index (Phi) is 7.25. The van der Waals surface area contributed by atoms with Gasteiger partial charge in [0, 0.05) is 24.3 Å². The van der Waals surface area contributed by atoms with E-state index in [0.29, 0.717) is 12.2 Å². The Morgan fingerprint density at radius 1 is 0.944 bits per heavy atom. The van der Waals surface area contributed by atoms with Crippen LogP contribution in [0.25, 0.3) is 10.9 Å². The fourth-order valence-corrected chi connectivity index (χ4v) is 3.86. The molecule has 0 radical (unpaired) electrons. The molecule has 4 aromatic rings. The van der Waals surface area contributed by atoms with Gasteiger partial charge in [-0.25, -0.2) is 4.79 Å². The first kappa shape index (κ1) is 24.4. The Hall–Kier alpha value is -4.72. The van der Waals surface area contributed by atoms with Crippen molar-refractivity contribution < 1.29 is 9.59 Å². The Bertz CT molecular complexity index is 1550. The predicted octanol–water partition coefficient (Wildman–Crippen LogP) is 3.23. The van der Waals surface area contributed by atoms with Crippen molar-refractivity contribution in [1.29, 1.82) is 0 Å². The van der Waals surface area contributed by atoms with E-state index in [1.807, 2.05) is 49.4 Å². The summed E-state index contributed by atoms with van der Waals surface area (Å²) in [6.07, 6.45) is 1.44. The zero-order valence-corrected chi connectivity index (χ0v) is 19.9. The van der Waals surface area contributed by atoms with E-state index >= 15 is 0 Å². The molecule has 4 rings (SSSR count). The van der Waals surface area contributed by atoms with E-state index in [1.165, 1.54) is 28.8 Å². The van der Waals surface area contributed by atoms with E-state index in [0.717, 1.165) is 15.7 Å². The molecule has 2 N–H and O–H groups in total. The van der Waals surface area contributed by atoms with Crippen molar-refractivity contribution in [3.8, 4) is 0 Å². The van der Waals surface area contributed by atoms with Crippen LogP contribution >= 0.6 is 0 Å². The van der Waals surface area contributed by atoms with Crippen LogP contribution in [0.4, 0.5) is 5.69 Å². The number of anilines is 1. The first-order valence-corrected chi connectivity index (χ1v) is 11.4. The number of nitrogens with zero attached hydrogens (tertiary/aromatic N) is 2. The number of carbonyl (C=O) groups is 2. The maximum atomic E-state index is 13.2. The van der Waals surface area contributed by atoms with E-state index in [2.05, 4.69) is 17.2 Å². The molecule has 1 aromatic heterocycles. The zero-order valence-electron chi connectivity index (χ0n) is 19.9. The smallest absolute Gasteiger partial charge is 0.332 e. The Labute approximate surface area is 207 Å². The number of rotatable bonds is 8. The standard InChI is InChI=1S/C28H26N4O4/c1-3-15-31-27(35)23-14-11-21(26(34)29-17-20-7-5-4-6-8-20)16-24(23)32(28(31)36)18-25(33)30-22-12-9-19(2)10-13-22/h3-14,16H,1,15,17-18H2,2H3,(H,29,34)(H,30,33). The summed E-state index contributed by atoms with van der Waals surface area (Å²) < 4.78 is 2.22. The van der Waals surface area contributed by atoms with Crippen molar-refractivity contribution in [1.82, 2.24) is 14.5 Å². The lowest BCUT2D eigenvalue weighted by molar-refractivity contribution is -0.116. The molecule has 0 atom stereocenters. The van der Waals surface area contributed by atoms with Crippen molar-refractivity contribution in [2.24, 2.45) is 0 Å². The van der Waals surface area contributed by atoms with Gasteiger partial charge in [-0.15, -0.1) is 6.58 Å². The average Bonchev–Trinajstić information content (AvgIpc) is 2.89. The highest BCUT2D eigenvalue weighted by Crippen LogP contribution is 2.14. The Morgan fingerprint density at radius 2 is 1.67 bits per heavy atom. The minimum absolute atomic E-state index is 0.00744. The summed E-state index contributed by atoms with van der Waals surface area (Å²) in [5.41, 5.74) is 1.87. The fourth-order valence-electron chi connectivity index (χ4n) is 3.86. The topological polar surface area (TPSA) is 102 Å². The number of amides is 2. The van der Waals surface area contributed by atoms with Gasteiger partial charge in [0.25, 0.3) is 11.5 Å². The van der Waals surface area contributed by atoms with E-state index < -0.39 is 17.2 Å². The van der Waals surface area contributed by atoms with Crippen LogP contribution in [0.2, 0.25) is 0 Å². The van der Waals surface area contributed by atoms with Crippen molar-refractivity contribution in [2.75, 3.05) is 5.32 Å². The first-order chi connectivity index (χ1) is 17.4. The number of benzene rings is 3. The molecule has 0 bridgehead atoms. The molecule has 0 aliphatic heterocycles. The number of aryl methyl sites for hydroxylation is 1. The second-order valence-electron chi connectivity index (χ2n) is 8.39. The molecular formula is C28H26N4O4. The van der Waals surface area contributed by atoms with Gasteiger partial charge in [-0.1, -0.05) is 54.1 Å². The van der Waals surface area contributed by atoms with Crippen LogP contribution in [0, 0.1) is 6.92 Å². The average molecular weight is 483 g/mol. The van der Waals surface area contributed by atoms with Crippen LogP contribution in [0.5, 0.6) is 0 Å². The van der Waals surface area contributed by atoms with Gasteiger partial charge < -0.3 is 10.6 Å². The number of nitrogens with one attached hydrogen (secondary N) is 2. The molecule has 36 heavy (non-hydrogen) atoms. The molecule has 2 amide bonds. The first-order valence-electron chi connectivity index (χ1n) is 11.4. The number of carbonyl (C=O) groups excluding carboxylic acids is 2. The Morgan fingerprint density at radius 3 is 2.36 bits per heavy atom. The molecule has 0 aliphatic carbocycles. The molecular weight excluding hydrogens is 456 g/mol. The summed E-state index contributed by atoms with van der Waals surface area (Å²) in [5.74, 6) is -0.802. The van der Waals surface area contributed by atoms with Gasteiger partial charge in [0.2, 0.25) is 5.91 Å². The molecule has 0 spiro atoms. The maximum absolute atomic E-state index is 13.2. The van der Waals surface area contributed by atoms with E-state index in [1.54, 1.807) is 12.1 Å². The van der Waals surface area contributed by atoms with E-state index in [9.17, 15) is 19.2 Å². The predicted molar refractivity (Wildman–Crippen MR) is 140 cm³/mol. The monoisotopic (exact) mass is 482 g/mol. The minimum Gasteiger partial charge on any atom is -0.348 e. The van der Waals surface area contributed by atoms with Crippen LogP contribution in [-0.2, 0) is 24.4 Å². The van der Waals surface area contributed by atoms with Gasteiger partial charge in [-0.3, -0.25) is 23.5 Å². The second-order valence-corrected chi connectivity index (χ2v) is 8.39. The van der Waals surface area contributed by atoms with Gasteiger partial charge in [0.15, 0.2) is 0 Å². The highest BCUT2D eigenvalue weighted by Gasteiger charge is 2.17. The highest BCUT2D eigenvalue weighted by molar-refractivity contribution is 5.98. The molecule has 0 fully saturated rings. The molecule has 182 valence electrons. The minimum atomic E-state index is -0.659. The van der Waals surface area contributed by atoms with Crippen molar-refractivity contribution in [2.45, 2.75) is 26.6 Å². The number of allylic oxidation sites excluding steroid dienone is 1. The van der Waals surface area contributed by atoms with Crippen LogP contribution in [0.15, 0.2) is 95.0 Å². The summed E-state index contributed by atoms with van der Waals surface area (Å²) >= 11 is 0. The lowest BCUT2D eigenvalue weighted by Gasteiger charge is -2.14. The number of fused-ring (bicyclic) bond motifs is 1. The lowest BCUT2D eigenvalue weighted by Crippen LogP contribution is -2.41. The van der Waals surface area contributed by atoms with Gasteiger partial charge in [-0.2, -0.15) is 0 Å². The molecule has 8 nitrogen and oxygen atoms in total. The lowest BCUT2D eigenvalue weighted by atomic mass is 10.1. The second kappa shape index (κ2) is 10.7. The van der Waals surface area contributed by atoms with Crippen LogP contribution in [-0.4, -0.2) is 20.9 Å². The molecule has 0 aliphatic rings. The third kappa shape index (κ3) is 5.33. The number of hydrogen-bond acceptors (Lipinski definition) is 4. The van der Waals surface area contributed by atoms with Crippen molar-refractivity contribution in [3.63, 3.8) is 0 Å². The van der Waals surface area contributed by atoms with Gasteiger partial charge in [0.05, 0.1) is 10.9 Å². The molecule has 0 saturated heterocycles. The zero-order chi connectivity index (χ0) is 25.7. The quantitative estimate of drug-likeness (QED) is 0.377. The Balaban J connectivity index is 1.70. The maximum Gasteiger partial charge on any atom is 0.332 e. The summed E-state index contributed by atoms with van der Waals surface area (Å²) in [4.78, 5) is 51.9. The third-order valence-corrected chi connectivity index (χ3v) is 5.73. The molecule has 0 saturated carbocycles. The fraction of sp³-hybridized carbons (Fsp3) is 0.143. The normalized spacial score (nSPS) is 10.7.